The van der Waals surface area contributed by atoms with Gasteiger partial charge in [-0.15, -0.1) is 0 Å². The first kappa shape index (κ1) is 26.4. The SMILES string of the molecule is Cc1ccc(N(CC(=O)N(CCc2ccccc2)[C@H](C)C(=O)NCC(C)C)S(C)(=O)=O)cc1. The Labute approximate surface area is 197 Å². The van der Waals surface area contributed by atoms with Crippen molar-refractivity contribution in [2.45, 2.75) is 40.2 Å². The summed E-state index contributed by atoms with van der Waals surface area (Å²) < 4.78 is 26.1. The van der Waals surface area contributed by atoms with Crippen molar-refractivity contribution >= 4 is 27.5 Å². The molecule has 0 aliphatic heterocycles. The zero-order valence-electron chi connectivity index (χ0n) is 20.1. The molecule has 0 radical (unpaired) electrons. The lowest BCUT2D eigenvalue weighted by molar-refractivity contribution is -0.138. The predicted molar refractivity (Wildman–Crippen MR) is 133 cm³/mol. The first-order valence-corrected chi connectivity index (χ1v) is 13.0. The van der Waals surface area contributed by atoms with Gasteiger partial charge in [0.15, 0.2) is 0 Å². The van der Waals surface area contributed by atoms with Crippen molar-refractivity contribution < 1.29 is 18.0 Å². The molecular formula is C25H35N3O4S. The zero-order chi connectivity index (χ0) is 24.6. The van der Waals surface area contributed by atoms with Crippen molar-refractivity contribution in [3.63, 3.8) is 0 Å². The normalized spacial score (nSPS) is 12.3. The summed E-state index contributed by atoms with van der Waals surface area (Å²) in [7, 11) is -3.71. The van der Waals surface area contributed by atoms with Gasteiger partial charge in [-0.2, -0.15) is 0 Å². The van der Waals surface area contributed by atoms with E-state index in [0.29, 0.717) is 25.2 Å². The minimum atomic E-state index is -3.71. The molecule has 0 fully saturated rings. The number of carbonyl (C=O) groups excluding carboxylic acids is 2. The van der Waals surface area contributed by atoms with Crippen LogP contribution in [-0.4, -0.2) is 57.1 Å². The molecule has 0 heterocycles. The second-order valence-corrected chi connectivity index (χ2v) is 10.6. The zero-order valence-corrected chi connectivity index (χ0v) is 20.9. The van der Waals surface area contributed by atoms with Crippen LogP contribution < -0.4 is 9.62 Å². The number of aryl methyl sites for hydroxylation is 1. The third-order valence-electron chi connectivity index (χ3n) is 5.34. The summed E-state index contributed by atoms with van der Waals surface area (Å²) in [5.41, 5.74) is 2.43. The molecule has 2 aromatic rings. The molecule has 0 saturated heterocycles. The van der Waals surface area contributed by atoms with E-state index < -0.39 is 22.0 Å². The lowest BCUT2D eigenvalue weighted by Gasteiger charge is -2.31. The fourth-order valence-corrected chi connectivity index (χ4v) is 4.20. The van der Waals surface area contributed by atoms with Gasteiger partial charge in [-0.25, -0.2) is 8.42 Å². The van der Waals surface area contributed by atoms with E-state index in [1.54, 1.807) is 31.2 Å². The molecule has 7 nitrogen and oxygen atoms in total. The van der Waals surface area contributed by atoms with Crippen molar-refractivity contribution in [2.75, 3.05) is 30.2 Å². The van der Waals surface area contributed by atoms with Crippen molar-refractivity contribution in [1.82, 2.24) is 10.2 Å². The minimum Gasteiger partial charge on any atom is -0.354 e. The number of nitrogens with zero attached hydrogens (tertiary/aromatic N) is 2. The smallest absolute Gasteiger partial charge is 0.244 e. The van der Waals surface area contributed by atoms with Gasteiger partial charge in [0.05, 0.1) is 11.9 Å². The summed E-state index contributed by atoms with van der Waals surface area (Å²) in [5, 5.41) is 2.87. The van der Waals surface area contributed by atoms with E-state index in [1.807, 2.05) is 51.1 Å². The molecule has 2 aromatic carbocycles. The Kier molecular flexibility index (Phi) is 9.46. The molecule has 1 N–H and O–H groups in total. The number of carbonyl (C=O) groups is 2. The number of rotatable bonds is 11. The van der Waals surface area contributed by atoms with Crippen LogP contribution in [0.5, 0.6) is 0 Å². The third-order valence-corrected chi connectivity index (χ3v) is 6.48. The van der Waals surface area contributed by atoms with Crippen LogP contribution in [0, 0.1) is 12.8 Å². The Morgan fingerprint density at radius 2 is 1.58 bits per heavy atom. The average Bonchev–Trinajstić information content (AvgIpc) is 2.76. The fraction of sp³-hybridized carbons (Fsp3) is 0.440. The molecule has 0 aliphatic carbocycles. The third kappa shape index (κ3) is 8.20. The van der Waals surface area contributed by atoms with Gasteiger partial charge in [0.2, 0.25) is 21.8 Å². The van der Waals surface area contributed by atoms with Gasteiger partial charge in [0.25, 0.3) is 0 Å². The first-order chi connectivity index (χ1) is 15.5. The summed E-state index contributed by atoms with van der Waals surface area (Å²) in [6.07, 6.45) is 1.63. The topological polar surface area (TPSA) is 86.8 Å². The molecule has 180 valence electrons. The van der Waals surface area contributed by atoms with Crippen molar-refractivity contribution in [1.29, 1.82) is 0 Å². The van der Waals surface area contributed by atoms with E-state index in [9.17, 15) is 18.0 Å². The lowest BCUT2D eigenvalue weighted by atomic mass is 10.1. The highest BCUT2D eigenvalue weighted by atomic mass is 32.2. The van der Waals surface area contributed by atoms with Crippen LogP contribution >= 0.6 is 0 Å². The van der Waals surface area contributed by atoms with Crippen LogP contribution in [-0.2, 0) is 26.0 Å². The van der Waals surface area contributed by atoms with Crippen molar-refractivity contribution in [3.05, 3.63) is 65.7 Å². The Balaban J connectivity index is 2.27. The highest BCUT2D eigenvalue weighted by Crippen LogP contribution is 2.19. The van der Waals surface area contributed by atoms with Gasteiger partial charge in [-0.05, 0) is 43.9 Å². The van der Waals surface area contributed by atoms with Gasteiger partial charge in [0.1, 0.15) is 12.6 Å². The van der Waals surface area contributed by atoms with Crippen LogP contribution in [0.3, 0.4) is 0 Å². The van der Waals surface area contributed by atoms with Crippen LogP contribution in [0.1, 0.15) is 31.9 Å². The molecule has 0 bridgehead atoms. The van der Waals surface area contributed by atoms with Crippen LogP contribution in [0.15, 0.2) is 54.6 Å². The maximum Gasteiger partial charge on any atom is 0.244 e. The summed E-state index contributed by atoms with van der Waals surface area (Å²) in [5.74, 6) is -0.410. The number of sulfonamides is 1. The van der Waals surface area contributed by atoms with Gasteiger partial charge in [0, 0.05) is 13.1 Å². The Bertz CT molecular complexity index is 1020. The fourth-order valence-electron chi connectivity index (χ4n) is 3.35. The summed E-state index contributed by atoms with van der Waals surface area (Å²) in [6.45, 7) is 7.99. The van der Waals surface area contributed by atoms with Gasteiger partial charge >= 0.3 is 0 Å². The Morgan fingerprint density at radius 1 is 0.970 bits per heavy atom. The summed E-state index contributed by atoms with van der Waals surface area (Å²) >= 11 is 0. The second-order valence-electron chi connectivity index (χ2n) is 8.74. The van der Waals surface area contributed by atoms with Gasteiger partial charge in [-0.3, -0.25) is 13.9 Å². The second kappa shape index (κ2) is 11.8. The maximum absolute atomic E-state index is 13.4. The first-order valence-electron chi connectivity index (χ1n) is 11.1. The van der Waals surface area contributed by atoms with E-state index >= 15 is 0 Å². The molecule has 0 aromatic heterocycles. The average molecular weight is 474 g/mol. The molecule has 2 rings (SSSR count). The van der Waals surface area contributed by atoms with Crippen LogP contribution in [0.4, 0.5) is 5.69 Å². The van der Waals surface area contributed by atoms with Crippen LogP contribution in [0.25, 0.3) is 0 Å². The van der Waals surface area contributed by atoms with Gasteiger partial charge in [-0.1, -0.05) is 61.9 Å². The lowest BCUT2D eigenvalue weighted by Crippen LogP contribution is -2.52. The molecule has 0 aliphatic rings. The van der Waals surface area contributed by atoms with E-state index in [-0.39, 0.29) is 18.4 Å². The standard InChI is InChI=1S/C25H35N3O4S/c1-19(2)17-26-25(30)21(4)27(16-15-22-9-7-6-8-10-22)24(29)18-28(33(5,31)32)23-13-11-20(3)12-14-23/h6-14,19,21H,15-18H2,1-5H3,(H,26,30)/t21-/m1/s1. The molecule has 0 saturated carbocycles. The number of hydrogen-bond donors (Lipinski definition) is 1. The summed E-state index contributed by atoms with van der Waals surface area (Å²) in [6, 6.07) is 15.9. The number of amides is 2. The van der Waals surface area contributed by atoms with Crippen molar-refractivity contribution in [3.8, 4) is 0 Å². The molecule has 1 atom stereocenters. The van der Waals surface area contributed by atoms with E-state index in [1.165, 1.54) is 4.90 Å². The highest BCUT2D eigenvalue weighted by Gasteiger charge is 2.29. The number of benzene rings is 2. The molecule has 33 heavy (non-hydrogen) atoms. The van der Waals surface area contributed by atoms with E-state index in [4.69, 9.17) is 0 Å². The molecule has 8 heteroatoms. The monoisotopic (exact) mass is 473 g/mol. The summed E-state index contributed by atoms with van der Waals surface area (Å²) in [4.78, 5) is 27.6. The van der Waals surface area contributed by atoms with Crippen molar-refractivity contribution in [2.24, 2.45) is 5.92 Å². The van der Waals surface area contributed by atoms with E-state index in [2.05, 4.69) is 5.32 Å². The van der Waals surface area contributed by atoms with E-state index in [0.717, 1.165) is 21.7 Å². The number of nitrogens with one attached hydrogen (secondary N) is 1. The predicted octanol–water partition coefficient (Wildman–Crippen LogP) is 2.99. The largest absolute Gasteiger partial charge is 0.354 e. The molecule has 0 unspecified atom stereocenters. The maximum atomic E-state index is 13.4. The molecule has 0 spiro atoms. The number of hydrogen-bond acceptors (Lipinski definition) is 4. The number of anilines is 1. The van der Waals surface area contributed by atoms with Gasteiger partial charge < -0.3 is 10.2 Å². The quantitative estimate of drug-likeness (QED) is 0.544. The molecular weight excluding hydrogens is 438 g/mol. The highest BCUT2D eigenvalue weighted by molar-refractivity contribution is 7.92. The van der Waals surface area contributed by atoms with Crippen LogP contribution in [0.2, 0.25) is 0 Å². The minimum absolute atomic E-state index is 0.258. The Hall–Kier alpha value is -2.87. The Morgan fingerprint density at radius 3 is 2.12 bits per heavy atom. The molecule has 2 amide bonds.